The molecule has 1 aliphatic carbocycles. The monoisotopic (exact) mass is 714 g/mol. The van der Waals surface area contributed by atoms with Crippen LogP contribution in [0.3, 0.4) is 0 Å². The van der Waals surface area contributed by atoms with Crippen molar-refractivity contribution in [3.05, 3.63) is 229 Å². The van der Waals surface area contributed by atoms with E-state index in [0.29, 0.717) is 5.82 Å². The number of nitrogens with zero attached hydrogens (tertiary/aromatic N) is 2. The third-order valence-corrected chi connectivity index (χ3v) is 11.4. The number of para-hydroxylation sites is 1. The van der Waals surface area contributed by atoms with Crippen LogP contribution in [0.1, 0.15) is 22.3 Å². The van der Waals surface area contributed by atoms with E-state index in [1.54, 1.807) is 0 Å². The summed E-state index contributed by atoms with van der Waals surface area (Å²) in [6, 6.07) is 73.4. The summed E-state index contributed by atoms with van der Waals surface area (Å²) in [7, 11) is 0. The zero-order valence-corrected chi connectivity index (χ0v) is 30.4. The minimum absolute atomic E-state index is 0.567. The van der Waals surface area contributed by atoms with Gasteiger partial charge in [0.05, 0.1) is 16.8 Å². The lowest BCUT2D eigenvalue weighted by Gasteiger charge is -2.34. The molecule has 8 aromatic carbocycles. The second-order valence-electron chi connectivity index (χ2n) is 14.5. The SMILES string of the molecule is c1ccc(-c2cc(-c3cc4c(cc3-c3ccc5c(c3)oc3ccccc35)-c3ccccc3C4(c3ccccc3)c3ccccc3)nc(-c3ccccc3)n2)cc1. The Kier molecular flexibility index (Phi) is 7.39. The van der Waals surface area contributed by atoms with Crippen LogP contribution in [0.2, 0.25) is 0 Å². The molecule has 0 bridgehead atoms. The second kappa shape index (κ2) is 12.9. The van der Waals surface area contributed by atoms with Crippen molar-refractivity contribution < 1.29 is 4.42 Å². The van der Waals surface area contributed by atoms with Crippen molar-refractivity contribution in [3.8, 4) is 56.2 Å². The molecule has 1 aliphatic rings. The summed E-state index contributed by atoms with van der Waals surface area (Å²) in [5, 5.41) is 2.22. The van der Waals surface area contributed by atoms with Crippen LogP contribution in [-0.4, -0.2) is 9.97 Å². The Morgan fingerprint density at radius 3 is 1.66 bits per heavy atom. The van der Waals surface area contributed by atoms with E-state index < -0.39 is 5.41 Å². The maximum atomic E-state index is 6.49. The van der Waals surface area contributed by atoms with Gasteiger partial charge in [-0.05, 0) is 80.9 Å². The van der Waals surface area contributed by atoms with E-state index >= 15 is 0 Å². The summed E-state index contributed by atoms with van der Waals surface area (Å²) >= 11 is 0. The fraction of sp³-hybridized carbons (Fsp3) is 0.0189. The summed E-state index contributed by atoms with van der Waals surface area (Å²) in [5.74, 6) is 0.682. The third kappa shape index (κ3) is 4.98. The highest BCUT2D eigenvalue weighted by Crippen LogP contribution is 2.58. The van der Waals surface area contributed by atoms with Crippen LogP contribution in [0, 0.1) is 0 Å². The quantitative estimate of drug-likeness (QED) is 0.172. The van der Waals surface area contributed by atoms with Gasteiger partial charge in [0.15, 0.2) is 5.82 Å². The smallest absolute Gasteiger partial charge is 0.160 e. The summed E-state index contributed by atoms with van der Waals surface area (Å²) in [4.78, 5) is 10.6. The number of furan rings is 1. The molecule has 0 unspecified atom stereocenters. The highest BCUT2D eigenvalue weighted by molar-refractivity contribution is 6.06. The van der Waals surface area contributed by atoms with Gasteiger partial charge in [0.25, 0.3) is 0 Å². The first-order valence-electron chi connectivity index (χ1n) is 19.1. The van der Waals surface area contributed by atoms with E-state index in [1.807, 2.05) is 36.4 Å². The van der Waals surface area contributed by atoms with Crippen LogP contribution in [0.15, 0.2) is 211 Å². The maximum Gasteiger partial charge on any atom is 0.160 e. The van der Waals surface area contributed by atoms with E-state index in [1.165, 1.54) is 33.4 Å². The van der Waals surface area contributed by atoms with Crippen molar-refractivity contribution in [1.29, 1.82) is 0 Å². The highest BCUT2D eigenvalue weighted by Gasteiger charge is 2.46. The topological polar surface area (TPSA) is 38.9 Å². The van der Waals surface area contributed by atoms with Crippen molar-refractivity contribution >= 4 is 21.9 Å². The van der Waals surface area contributed by atoms with E-state index in [2.05, 4.69) is 170 Å². The Hall–Kier alpha value is -7.36. The number of benzene rings is 8. The molecule has 0 radical (unpaired) electrons. The van der Waals surface area contributed by atoms with Gasteiger partial charge < -0.3 is 4.42 Å². The molecular formula is C53H34N2O. The fourth-order valence-corrected chi connectivity index (χ4v) is 8.89. The average Bonchev–Trinajstić information content (AvgIpc) is 3.80. The van der Waals surface area contributed by atoms with Gasteiger partial charge in [-0.3, -0.25) is 0 Å². The van der Waals surface area contributed by atoms with Crippen LogP contribution >= 0.6 is 0 Å². The lowest BCUT2D eigenvalue weighted by molar-refractivity contribution is 0.669. The Bertz CT molecular complexity index is 2960. The van der Waals surface area contributed by atoms with E-state index in [-0.39, 0.29) is 0 Å². The minimum Gasteiger partial charge on any atom is -0.456 e. The Morgan fingerprint density at radius 1 is 0.339 bits per heavy atom. The number of fused-ring (bicyclic) bond motifs is 6. The first kappa shape index (κ1) is 32.1. The molecule has 11 rings (SSSR count). The molecule has 0 aliphatic heterocycles. The first-order valence-corrected chi connectivity index (χ1v) is 19.1. The second-order valence-corrected chi connectivity index (χ2v) is 14.5. The Balaban J connectivity index is 1.26. The summed E-state index contributed by atoms with van der Waals surface area (Å²) < 4.78 is 6.49. The van der Waals surface area contributed by atoms with Gasteiger partial charge in [-0.25, -0.2) is 9.97 Å². The maximum absolute atomic E-state index is 6.49. The molecule has 3 heteroatoms. The lowest BCUT2D eigenvalue weighted by Crippen LogP contribution is -2.28. The van der Waals surface area contributed by atoms with Crippen LogP contribution in [-0.2, 0) is 5.41 Å². The van der Waals surface area contributed by atoms with E-state index in [4.69, 9.17) is 14.4 Å². The molecular weight excluding hydrogens is 681 g/mol. The molecule has 0 saturated heterocycles. The molecule has 0 N–H and O–H groups in total. The highest BCUT2D eigenvalue weighted by atomic mass is 16.3. The van der Waals surface area contributed by atoms with Gasteiger partial charge in [0, 0.05) is 27.5 Å². The number of hydrogen-bond acceptors (Lipinski definition) is 3. The average molecular weight is 715 g/mol. The van der Waals surface area contributed by atoms with Crippen LogP contribution in [0.5, 0.6) is 0 Å². The molecule has 56 heavy (non-hydrogen) atoms. The van der Waals surface area contributed by atoms with Gasteiger partial charge in [-0.15, -0.1) is 0 Å². The molecule has 0 amide bonds. The van der Waals surface area contributed by atoms with Crippen LogP contribution in [0.4, 0.5) is 0 Å². The lowest BCUT2D eigenvalue weighted by atomic mass is 9.67. The van der Waals surface area contributed by atoms with Gasteiger partial charge in [-0.2, -0.15) is 0 Å². The van der Waals surface area contributed by atoms with Crippen molar-refractivity contribution in [2.75, 3.05) is 0 Å². The summed E-state index contributed by atoms with van der Waals surface area (Å²) in [6.07, 6.45) is 0. The Morgan fingerprint density at radius 2 is 0.929 bits per heavy atom. The predicted octanol–water partition coefficient (Wildman–Crippen LogP) is 13.4. The standard InChI is InChI=1S/C53H34N2O/c1-5-17-35(18-6-1)48-34-49(55-52(54-48)36-19-7-2-8-20-36)45-33-47-44(32-43(45)37-29-30-42-41-26-14-16-28-50(41)56-51(42)31-37)40-25-13-15-27-46(40)53(47,38-21-9-3-10-22-38)39-23-11-4-12-24-39/h1-34H. The molecule has 262 valence electrons. The number of hydrogen-bond donors (Lipinski definition) is 0. The first-order chi connectivity index (χ1) is 27.8. The van der Waals surface area contributed by atoms with Crippen molar-refractivity contribution in [1.82, 2.24) is 9.97 Å². The normalized spacial score (nSPS) is 12.8. The number of rotatable bonds is 6. The molecule has 10 aromatic rings. The fourth-order valence-electron chi connectivity index (χ4n) is 8.89. The van der Waals surface area contributed by atoms with Gasteiger partial charge in [0.2, 0.25) is 0 Å². The van der Waals surface area contributed by atoms with Gasteiger partial charge >= 0.3 is 0 Å². The summed E-state index contributed by atoms with van der Waals surface area (Å²) in [6.45, 7) is 0. The minimum atomic E-state index is -0.567. The molecule has 2 heterocycles. The number of aromatic nitrogens is 2. The molecule has 3 nitrogen and oxygen atoms in total. The third-order valence-electron chi connectivity index (χ3n) is 11.4. The summed E-state index contributed by atoms with van der Waals surface area (Å²) in [5.41, 5.74) is 15.4. The zero-order chi connectivity index (χ0) is 37.1. The van der Waals surface area contributed by atoms with Crippen LogP contribution < -0.4 is 0 Å². The Labute approximate surface area is 325 Å². The van der Waals surface area contributed by atoms with E-state index in [9.17, 15) is 0 Å². The van der Waals surface area contributed by atoms with E-state index in [0.717, 1.165) is 61.1 Å². The van der Waals surface area contributed by atoms with Crippen molar-refractivity contribution in [3.63, 3.8) is 0 Å². The largest absolute Gasteiger partial charge is 0.456 e. The molecule has 0 spiro atoms. The molecule has 2 aromatic heterocycles. The van der Waals surface area contributed by atoms with Crippen LogP contribution in [0.25, 0.3) is 78.1 Å². The molecule has 0 fully saturated rings. The molecule has 0 saturated carbocycles. The van der Waals surface area contributed by atoms with Gasteiger partial charge in [0.1, 0.15) is 11.2 Å². The molecule has 0 atom stereocenters. The predicted molar refractivity (Wildman–Crippen MR) is 228 cm³/mol. The van der Waals surface area contributed by atoms with Crippen molar-refractivity contribution in [2.45, 2.75) is 5.41 Å². The zero-order valence-electron chi connectivity index (χ0n) is 30.4. The van der Waals surface area contributed by atoms with Crippen molar-refractivity contribution in [2.24, 2.45) is 0 Å². The van der Waals surface area contributed by atoms with Gasteiger partial charge in [-0.1, -0.05) is 170 Å².